The van der Waals surface area contributed by atoms with Crippen LogP contribution >= 0.6 is 0 Å². The van der Waals surface area contributed by atoms with Gasteiger partial charge in [-0.3, -0.25) is 43.9 Å². The van der Waals surface area contributed by atoms with Crippen molar-refractivity contribution in [2.45, 2.75) is 97.8 Å². The lowest BCUT2D eigenvalue weighted by Crippen LogP contribution is -2.58. The lowest BCUT2D eigenvalue weighted by atomic mass is 9.98. The first-order chi connectivity index (χ1) is 21.3. The molecular weight excluding hydrogens is 602 g/mol. The molecule has 0 aromatic rings. The molecule has 0 spiro atoms. The summed E-state index contributed by atoms with van der Waals surface area (Å²) in [5.41, 5.74) is 16.6. The molecule has 17 nitrogen and oxygen atoms in total. The van der Waals surface area contributed by atoms with E-state index in [1.807, 2.05) is 13.8 Å². The van der Waals surface area contributed by atoms with Crippen molar-refractivity contribution < 1.29 is 38.7 Å². The van der Waals surface area contributed by atoms with E-state index < -0.39 is 77.9 Å². The fourth-order valence-electron chi connectivity index (χ4n) is 4.44. The molecule has 0 heterocycles. The van der Waals surface area contributed by atoms with E-state index in [0.29, 0.717) is 11.3 Å². The number of carbonyl (C=O) groups excluding carboxylic acids is 6. The lowest BCUT2D eigenvalue weighted by Gasteiger charge is -2.30. The van der Waals surface area contributed by atoms with E-state index in [1.54, 1.807) is 13.8 Å². The number of hydrogen-bond donors (Lipinski definition) is 9. The monoisotopic (exact) mass is 655 g/mol. The molecule has 17 heteroatoms. The van der Waals surface area contributed by atoms with E-state index in [4.69, 9.17) is 22.6 Å². The maximum atomic E-state index is 13.6. The van der Waals surface area contributed by atoms with E-state index in [1.165, 1.54) is 6.92 Å². The van der Waals surface area contributed by atoms with Crippen LogP contribution in [-0.2, 0) is 33.6 Å². The number of guanidine groups is 1. The Morgan fingerprint density at radius 1 is 0.848 bits per heavy atom. The fraction of sp³-hybridized carbons (Fsp3) is 0.724. The van der Waals surface area contributed by atoms with Crippen LogP contribution in [0.4, 0.5) is 0 Å². The third-order valence-electron chi connectivity index (χ3n) is 6.84. The number of imide groups is 1. The fourth-order valence-corrected chi connectivity index (χ4v) is 4.44. The lowest BCUT2D eigenvalue weighted by molar-refractivity contribution is -0.152. The molecule has 0 fully saturated rings. The van der Waals surface area contributed by atoms with Gasteiger partial charge in [0, 0.05) is 26.4 Å². The molecule has 12 N–H and O–H groups in total. The predicted molar refractivity (Wildman–Crippen MR) is 170 cm³/mol. The normalized spacial score (nSPS) is 14.3. The maximum Gasteiger partial charge on any atom is 0.315 e. The zero-order valence-electron chi connectivity index (χ0n) is 27.7. The van der Waals surface area contributed by atoms with Gasteiger partial charge in [-0.2, -0.15) is 0 Å². The summed E-state index contributed by atoms with van der Waals surface area (Å²) in [7, 11) is 0. The third-order valence-corrected chi connectivity index (χ3v) is 6.84. The number of carboxylic acids is 1. The Labute approximate surface area is 270 Å². The van der Waals surface area contributed by atoms with Crippen LogP contribution < -0.4 is 38.5 Å². The Morgan fingerprint density at radius 2 is 1.41 bits per heavy atom. The van der Waals surface area contributed by atoms with Gasteiger partial charge < -0.3 is 43.6 Å². The van der Waals surface area contributed by atoms with Crippen molar-refractivity contribution in [3.8, 4) is 0 Å². The van der Waals surface area contributed by atoms with Crippen molar-refractivity contribution in [1.82, 2.24) is 26.2 Å². The van der Waals surface area contributed by atoms with Crippen LogP contribution in [-0.4, -0.2) is 101 Å². The second-order valence-corrected chi connectivity index (χ2v) is 12.1. The van der Waals surface area contributed by atoms with Crippen molar-refractivity contribution in [3.05, 3.63) is 0 Å². The average molecular weight is 656 g/mol. The zero-order valence-corrected chi connectivity index (χ0v) is 27.7. The number of nitrogens with two attached hydrogens (primary N) is 3. The first kappa shape index (κ1) is 41.9. The van der Waals surface area contributed by atoms with Crippen LogP contribution in [0.2, 0.25) is 0 Å². The zero-order chi connectivity index (χ0) is 35.7. The first-order valence-electron chi connectivity index (χ1n) is 15.3. The van der Waals surface area contributed by atoms with Gasteiger partial charge in [-0.1, -0.05) is 27.7 Å². The van der Waals surface area contributed by atoms with Crippen LogP contribution in [0, 0.1) is 23.2 Å². The van der Waals surface area contributed by atoms with E-state index in [-0.39, 0.29) is 56.6 Å². The molecular formula is C29H53N9O8. The van der Waals surface area contributed by atoms with Crippen LogP contribution in [0.25, 0.3) is 0 Å². The molecule has 0 aromatic carbocycles. The Balaban J connectivity index is 6.10. The number of nitrogens with one attached hydrogen (secondary N) is 5. The highest BCUT2D eigenvalue weighted by Crippen LogP contribution is 2.13. The molecule has 0 radical (unpaired) electrons. The van der Waals surface area contributed by atoms with Gasteiger partial charge in [-0.25, -0.2) is 0 Å². The first-order valence-corrected chi connectivity index (χ1v) is 15.3. The number of rotatable bonds is 21. The highest BCUT2D eigenvalue weighted by Gasteiger charge is 2.36. The minimum absolute atomic E-state index is 0.0269. The molecule has 0 rings (SSSR count). The van der Waals surface area contributed by atoms with E-state index >= 15 is 0 Å². The highest BCUT2D eigenvalue weighted by atomic mass is 16.4. The van der Waals surface area contributed by atoms with Crippen LogP contribution in [0.5, 0.6) is 0 Å². The van der Waals surface area contributed by atoms with E-state index in [9.17, 15) is 38.7 Å². The summed E-state index contributed by atoms with van der Waals surface area (Å²) < 4.78 is 0. The number of hydrogen-bond acceptors (Lipinski definition) is 10. The number of carbonyl (C=O) groups is 7. The molecule has 0 aliphatic heterocycles. The summed E-state index contributed by atoms with van der Waals surface area (Å²) in [6.07, 6.45) is 0.440. The third kappa shape index (κ3) is 15.7. The van der Waals surface area contributed by atoms with Crippen molar-refractivity contribution in [3.63, 3.8) is 0 Å². The smallest absolute Gasteiger partial charge is 0.315 e. The topological polar surface area (TPSA) is 293 Å². The standard InChI is InChI=1S/C29H53N9O8/c1-15(2)12-20(31)25(42)35-17(5)24(41)36-21(8-7-11-34-29(32)33)26(43)37-22(13-16(3)4)27(44)38(18(6)39)14-19(28(45)46)23(40)9-10-30/h15-17,19-22H,7-14,30-31H2,1-6H3,(H,35,42)(H,36,41)(H,37,43)(H,45,46)(H4,32,33,34)/t17-,19?,20-,21-,22-/m0/s1. The molecule has 0 saturated carbocycles. The minimum Gasteiger partial charge on any atom is -0.481 e. The van der Waals surface area contributed by atoms with Gasteiger partial charge in [0.2, 0.25) is 23.6 Å². The molecule has 0 aliphatic carbocycles. The summed E-state index contributed by atoms with van der Waals surface area (Å²) in [6.45, 7) is 9.08. The summed E-state index contributed by atoms with van der Waals surface area (Å²) in [4.78, 5) is 90.0. The second kappa shape index (κ2) is 20.8. The number of Topliss-reactive ketones (excluding diaryl/α,β-unsaturated/α-hetero) is 1. The molecule has 0 saturated heterocycles. The molecule has 5 amide bonds. The van der Waals surface area contributed by atoms with Crippen LogP contribution in [0.1, 0.15) is 73.6 Å². The van der Waals surface area contributed by atoms with Gasteiger partial charge in [0.05, 0.1) is 6.04 Å². The number of ketones is 1. The van der Waals surface area contributed by atoms with E-state index in [2.05, 4.69) is 21.3 Å². The molecule has 1 unspecified atom stereocenters. The molecule has 5 atom stereocenters. The summed E-state index contributed by atoms with van der Waals surface area (Å²) in [5.74, 6) is -8.13. The van der Waals surface area contributed by atoms with Gasteiger partial charge in [0.25, 0.3) is 5.91 Å². The van der Waals surface area contributed by atoms with Gasteiger partial charge in [-0.05, 0) is 51.0 Å². The summed E-state index contributed by atoms with van der Waals surface area (Å²) >= 11 is 0. The Kier molecular flexibility index (Phi) is 19.0. The Bertz CT molecular complexity index is 1100. The molecule has 0 aliphatic rings. The molecule has 262 valence electrons. The average Bonchev–Trinajstić information content (AvgIpc) is 2.92. The number of carboxylic acid groups (broad SMARTS) is 1. The summed E-state index contributed by atoms with van der Waals surface area (Å²) in [6, 6.07) is -4.46. The van der Waals surface area contributed by atoms with Crippen molar-refractivity contribution in [2.24, 2.45) is 35.0 Å². The molecule has 46 heavy (non-hydrogen) atoms. The SMILES string of the molecule is CC(=O)N(CC(C(=O)O)C(=O)CCN)C(=O)[C@H](CC(C)C)NC(=O)[C@H](CCCNC(=N)N)NC(=O)[C@H](C)NC(=O)[C@@H](N)CC(C)C. The number of amides is 5. The number of aliphatic carboxylic acids is 1. The van der Waals surface area contributed by atoms with Crippen molar-refractivity contribution in [2.75, 3.05) is 19.6 Å². The number of nitrogens with zero attached hydrogens (tertiary/aromatic N) is 1. The largest absolute Gasteiger partial charge is 0.481 e. The summed E-state index contributed by atoms with van der Waals surface area (Å²) in [5, 5.41) is 27.2. The second-order valence-electron chi connectivity index (χ2n) is 12.1. The Morgan fingerprint density at radius 3 is 1.89 bits per heavy atom. The molecule has 0 aromatic heterocycles. The van der Waals surface area contributed by atoms with Crippen molar-refractivity contribution in [1.29, 1.82) is 5.41 Å². The van der Waals surface area contributed by atoms with Gasteiger partial charge in [0.1, 0.15) is 29.8 Å². The van der Waals surface area contributed by atoms with Crippen LogP contribution in [0.3, 0.4) is 0 Å². The van der Waals surface area contributed by atoms with Gasteiger partial charge >= 0.3 is 5.97 Å². The quantitative estimate of drug-likeness (QED) is 0.0285. The molecule has 0 bridgehead atoms. The minimum atomic E-state index is -1.71. The van der Waals surface area contributed by atoms with Gasteiger partial charge in [0.15, 0.2) is 5.96 Å². The maximum absolute atomic E-state index is 13.6. The highest BCUT2D eigenvalue weighted by molar-refractivity contribution is 6.03. The van der Waals surface area contributed by atoms with Crippen molar-refractivity contribution >= 4 is 47.2 Å². The van der Waals surface area contributed by atoms with Crippen LogP contribution in [0.15, 0.2) is 0 Å². The predicted octanol–water partition coefficient (Wildman–Crippen LogP) is -1.86. The van der Waals surface area contributed by atoms with Gasteiger partial charge in [-0.15, -0.1) is 0 Å². The van der Waals surface area contributed by atoms with E-state index in [0.717, 1.165) is 6.92 Å². The Hall–Kier alpha value is -4.12.